The molecule has 0 aliphatic heterocycles. The summed E-state index contributed by atoms with van der Waals surface area (Å²) in [5.74, 6) is -4.99. The van der Waals surface area contributed by atoms with Crippen LogP contribution in [-0.2, 0) is 6.54 Å². The smallest absolute Gasteiger partial charge is 0.323 e. The fraction of sp³-hybridized carbons (Fsp3) is 0.0690. The van der Waals surface area contributed by atoms with Crippen LogP contribution in [0.5, 0.6) is 0 Å². The van der Waals surface area contributed by atoms with Gasteiger partial charge in [0.05, 0.1) is 23.6 Å². The first-order chi connectivity index (χ1) is 18.8. The van der Waals surface area contributed by atoms with E-state index in [4.69, 9.17) is 0 Å². The molecule has 3 aromatic carbocycles. The Morgan fingerprint density at radius 3 is 2.36 bits per heavy atom. The molecular weight excluding hydrogens is 509 g/mol. The van der Waals surface area contributed by atoms with Crippen LogP contribution < -0.4 is 16.6 Å². The second-order valence-corrected chi connectivity index (χ2v) is 8.83. The van der Waals surface area contributed by atoms with Gasteiger partial charge in [0, 0.05) is 6.20 Å². The number of nitrogens with zero attached hydrogens (tertiary/aromatic N) is 1. The van der Waals surface area contributed by atoms with Crippen molar-refractivity contribution in [1.29, 1.82) is 0 Å². The Balaban J connectivity index is 1.41. The Bertz CT molecular complexity index is 1800. The van der Waals surface area contributed by atoms with E-state index in [0.717, 1.165) is 27.8 Å². The summed E-state index contributed by atoms with van der Waals surface area (Å²) in [6.45, 7) is -0.264. The minimum absolute atomic E-state index is 0.0249. The van der Waals surface area contributed by atoms with Crippen molar-refractivity contribution in [1.82, 2.24) is 19.9 Å². The number of hydrogen-bond donors (Lipinski definition) is 3. The van der Waals surface area contributed by atoms with Crippen molar-refractivity contribution in [2.24, 2.45) is 0 Å². The highest BCUT2D eigenvalue weighted by molar-refractivity contribution is 5.94. The van der Waals surface area contributed by atoms with Gasteiger partial charge in [0.25, 0.3) is 11.5 Å². The van der Waals surface area contributed by atoms with Gasteiger partial charge in [-0.25, -0.2) is 18.0 Å². The van der Waals surface area contributed by atoms with E-state index < -0.39 is 35.0 Å². The second kappa shape index (κ2) is 10.7. The Labute approximate surface area is 219 Å². The Hall–Kier alpha value is -5.12. The standard InChI is InChI=1S/C29H21F3N4O3/c30-21-13-18(14-22(31)26(21)32)16-36-12-4-7-20(28(36)38)27(37)33-23(19-5-2-1-3-6-19)10-8-17-9-11-24-25(15-17)35-29(39)34-24/h1-15,23H,16H2,(H,33,37)(H2,34,35,39)/t23-/m0/s1. The number of carbonyl (C=O) groups is 1. The van der Waals surface area contributed by atoms with Crippen molar-refractivity contribution >= 4 is 23.0 Å². The summed E-state index contributed by atoms with van der Waals surface area (Å²) in [6.07, 6.45) is 4.91. The molecule has 0 aliphatic carbocycles. The van der Waals surface area contributed by atoms with Gasteiger partial charge in [-0.3, -0.25) is 9.59 Å². The highest BCUT2D eigenvalue weighted by Crippen LogP contribution is 2.19. The molecule has 196 valence electrons. The number of benzene rings is 3. The van der Waals surface area contributed by atoms with Gasteiger partial charge in [0.1, 0.15) is 5.56 Å². The van der Waals surface area contributed by atoms with E-state index in [1.54, 1.807) is 24.3 Å². The first kappa shape index (κ1) is 25.5. The van der Waals surface area contributed by atoms with Crippen molar-refractivity contribution < 1.29 is 18.0 Å². The van der Waals surface area contributed by atoms with Crippen molar-refractivity contribution in [3.05, 3.63) is 146 Å². The summed E-state index contributed by atoms with van der Waals surface area (Å²) >= 11 is 0. The Morgan fingerprint density at radius 2 is 1.62 bits per heavy atom. The first-order valence-electron chi connectivity index (χ1n) is 11.9. The summed E-state index contributed by atoms with van der Waals surface area (Å²) in [5.41, 5.74) is 1.67. The molecule has 5 rings (SSSR count). The topological polar surface area (TPSA) is 99.8 Å². The molecule has 0 saturated heterocycles. The minimum Gasteiger partial charge on any atom is -0.342 e. The number of rotatable bonds is 7. The molecule has 7 nitrogen and oxygen atoms in total. The number of fused-ring (bicyclic) bond motifs is 1. The number of hydrogen-bond acceptors (Lipinski definition) is 3. The number of imidazole rings is 1. The number of nitrogens with one attached hydrogen (secondary N) is 3. The lowest BCUT2D eigenvalue weighted by Crippen LogP contribution is -2.34. The van der Waals surface area contributed by atoms with Crippen molar-refractivity contribution in [3.63, 3.8) is 0 Å². The average Bonchev–Trinajstić information content (AvgIpc) is 3.30. The molecular formula is C29H21F3N4O3. The van der Waals surface area contributed by atoms with Crippen molar-refractivity contribution in [2.75, 3.05) is 0 Å². The summed E-state index contributed by atoms with van der Waals surface area (Å²) in [7, 11) is 0. The van der Waals surface area contributed by atoms with Crippen LogP contribution in [0, 0.1) is 17.5 Å². The average molecular weight is 531 g/mol. The van der Waals surface area contributed by atoms with Gasteiger partial charge >= 0.3 is 5.69 Å². The number of amides is 1. The summed E-state index contributed by atoms with van der Waals surface area (Å²) in [4.78, 5) is 43.2. The van der Waals surface area contributed by atoms with E-state index in [-0.39, 0.29) is 23.4 Å². The molecule has 5 aromatic rings. The van der Waals surface area contributed by atoms with Crippen LogP contribution in [0.4, 0.5) is 13.2 Å². The van der Waals surface area contributed by atoms with Crippen LogP contribution >= 0.6 is 0 Å². The fourth-order valence-corrected chi connectivity index (χ4v) is 4.21. The third-order valence-electron chi connectivity index (χ3n) is 6.13. The van der Waals surface area contributed by atoms with Crippen LogP contribution in [0.25, 0.3) is 17.1 Å². The van der Waals surface area contributed by atoms with Gasteiger partial charge in [-0.1, -0.05) is 48.6 Å². The second-order valence-electron chi connectivity index (χ2n) is 8.83. The third-order valence-corrected chi connectivity index (χ3v) is 6.13. The highest BCUT2D eigenvalue weighted by Gasteiger charge is 2.18. The molecule has 0 unspecified atom stereocenters. The molecule has 39 heavy (non-hydrogen) atoms. The fourth-order valence-electron chi connectivity index (χ4n) is 4.21. The molecule has 2 aromatic heterocycles. The Kier molecular flexibility index (Phi) is 7.00. The van der Waals surface area contributed by atoms with E-state index in [0.29, 0.717) is 11.0 Å². The molecule has 0 saturated carbocycles. The maximum atomic E-state index is 13.6. The molecule has 0 aliphatic rings. The Morgan fingerprint density at radius 1 is 0.897 bits per heavy atom. The predicted octanol–water partition coefficient (Wildman–Crippen LogP) is 4.67. The van der Waals surface area contributed by atoms with Crippen molar-refractivity contribution in [3.8, 4) is 0 Å². The third kappa shape index (κ3) is 5.59. The van der Waals surface area contributed by atoms with Gasteiger partial charge in [-0.15, -0.1) is 0 Å². The van der Waals surface area contributed by atoms with Crippen LogP contribution in [0.1, 0.15) is 33.1 Å². The lowest BCUT2D eigenvalue weighted by atomic mass is 10.0. The van der Waals surface area contributed by atoms with Crippen LogP contribution in [0.15, 0.2) is 94.7 Å². The maximum Gasteiger partial charge on any atom is 0.323 e. The van der Waals surface area contributed by atoms with E-state index in [9.17, 15) is 27.6 Å². The van der Waals surface area contributed by atoms with E-state index in [1.807, 2.05) is 36.4 Å². The lowest BCUT2D eigenvalue weighted by molar-refractivity contribution is 0.0942. The SMILES string of the molecule is O=C(N[C@@H](C=Cc1ccc2[nH]c(=O)[nH]c2c1)c1ccccc1)c1cccn(Cc2cc(F)c(F)c(F)c2)c1=O. The van der Waals surface area contributed by atoms with Crippen molar-refractivity contribution in [2.45, 2.75) is 12.6 Å². The van der Waals surface area contributed by atoms with Gasteiger partial charge in [0.2, 0.25) is 0 Å². The molecule has 10 heteroatoms. The normalized spacial score (nSPS) is 12.2. The molecule has 1 atom stereocenters. The molecule has 2 heterocycles. The molecule has 0 fully saturated rings. The van der Waals surface area contributed by atoms with E-state index in [1.165, 1.54) is 18.3 Å². The van der Waals surface area contributed by atoms with Gasteiger partial charge in [-0.2, -0.15) is 0 Å². The molecule has 1 amide bonds. The predicted molar refractivity (Wildman–Crippen MR) is 141 cm³/mol. The number of carbonyl (C=O) groups excluding carboxylic acids is 1. The number of H-pyrrole nitrogens is 2. The summed E-state index contributed by atoms with van der Waals surface area (Å²) in [6, 6.07) is 18.3. The lowest BCUT2D eigenvalue weighted by Gasteiger charge is -2.16. The highest BCUT2D eigenvalue weighted by atomic mass is 19.2. The molecule has 3 N–H and O–H groups in total. The number of pyridine rings is 1. The zero-order chi connectivity index (χ0) is 27.5. The number of aromatic amines is 2. The largest absolute Gasteiger partial charge is 0.342 e. The van der Waals surface area contributed by atoms with Gasteiger partial charge in [0.15, 0.2) is 17.5 Å². The van der Waals surface area contributed by atoms with E-state index >= 15 is 0 Å². The monoisotopic (exact) mass is 530 g/mol. The zero-order valence-electron chi connectivity index (χ0n) is 20.3. The minimum atomic E-state index is -1.60. The van der Waals surface area contributed by atoms with Crippen LogP contribution in [0.2, 0.25) is 0 Å². The van der Waals surface area contributed by atoms with Gasteiger partial charge in [-0.05, 0) is 53.1 Å². The number of aromatic nitrogens is 3. The summed E-state index contributed by atoms with van der Waals surface area (Å²) < 4.78 is 41.7. The summed E-state index contributed by atoms with van der Waals surface area (Å²) in [5, 5.41) is 2.85. The maximum absolute atomic E-state index is 13.6. The quantitative estimate of drug-likeness (QED) is 0.267. The van der Waals surface area contributed by atoms with Crippen LogP contribution in [0.3, 0.4) is 0 Å². The first-order valence-corrected chi connectivity index (χ1v) is 11.9. The molecule has 0 spiro atoms. The zero-order valence-corrected chi connectivity index (χ0v) is 20.3. The molecule has 0 radical (unpaired) electrons. The van der Waals surface area contributed by atoms with Gasteiger partial charge < -0.3 is 19.9 Å². The number of halogens is 3. The van der Waals surface area contributed by atoms with Crippen LogP contribution in [-0.4, -0.2) is 20.4 Å². The molecule has 0 bridgehead atoms. The van der Waals surface area contributed by atoms with E-state index in [2.05, 4.69) is 15.3 Å².